The Balaban J connectivity index is 1.01. The van der Waals surface area contributed by atoms with E-state index in [1.54, 1.807) is 24.3 Å². The molecule has 3 heterocycles. The van der Waals surface area contributed by atoms with Crippen molar-refractivity contribution in [2.45, 2.75) is 87.6 Å². The average molecular weight is 1010 g/mol. The smallest absolute Gasteiger partial charge is 0.364 e. The summed E-state index contributed by atoms with van der Waals surface area (Å²) < 4.78 is 33.1. The number of hydrogen-bond acceptors (Lipinski definition) is 20. The van der Waals surface area contributed by atoms with Crippen LogP contribution in [0.15, 0.2) is 36.4 Å². The van der Waals surface area contributed by atoms with E-state index in [0.717, 1.165) is 4.90 Å². The number of amides is 6. The Morgan fingerprint density at radius 2 is 1.39 bits per heavy atom. The van der Waals surface area contributed by atoms with Crippen LogP contribution in [0.2, 0.25) is 0 Å². The Morgan fingerprint density at radius 1 is 0.775 bits per heavy atom. The number of carbonyl (C=O) groups excluding carboxylic acids is 6. The van der Waals surface area contributed by atoms with Gasteiger partial charge in [-0.1, -0.05) is 37.1 Å². The number of aromatic amines is 1. The minimum atomic E-state index is -2.50. The number of ether oxygens (including phenoxy) is 6. The zero-order chi connectivity index (χ0) is 51.4. The molecule has 6 amide bonds. The van der Waals surface area contributed by atoms with Gasteiger partial charge < -0.3 is 75.2 Å². The molecular formula is C44H65N9O18. The number of unbranched alkanes of at least 4 members (excludes halogenated alkanes) is 3. The number of aliphatic hydroxyl groups is 4. The van der Waals surface area contributed by atoms with Crippen molar-refractivity contribution in [3.63, 3.8) is 0 Å². The first-order valence-electron chi connectivity index (χ1n) is 23.2. The molecule has 6 atom stereocenters. The first-order valence-corrected chi connectivity index (χ1v) is 23.2. The number of H-pyrrole nitrogens is 1. The van der Waals surface area contributed by atoms with Gasteiger partial charge in [0, 0.05) is 63.2 Å². The fourth-order valence-corrected chi connectivity index (χ4v) is 7.09. The number of hydrogen-bond donors (Lipinski definition) is 10. The molecule has 10 N–H and O–H groups in total. The minimum absolute atomic E-state index is 0.00710. The van der Waals surface area contributed by atoms with Crippen LogP contribution in [0.4, 0.5) is 0 Å². The lowest BCUT2D eigenvalue weighted by Gasteiger charge is -2.46. The van der Waals surface area contributed by atoms with Gasteiger partial charge in [-0.05, 0) is 23.6 Å². The van der Waals surface area contributed by atoms with Crippen LogP contribution in [0.5, 0.6) is 0 Å². The zero-order valence-corrected chi connectivity index (χ0v) is 39.2. The third kappa shape index (κ3) is 20.4. The Morgan fingerprint density at radius 3 is 2.03 bits per heavy atom. The van der Waals surface area contributed by atoms with Crippen LogP contribution in [-0.4, -0.2) is 221 Å². The fraction of sp³-hybridized carbons (Fsp3) is 0.636. The standard InChI is InChI=1S/C44H65N9O18/c54-28-36(60)48-39-31(55)26-44(43(64)65,71-41(39)40(63)32(56)27-47-35(59)25-29-5-7-30(8-6-29)42-49-51-52-50-42)70-16-4-2-1-3-13-45-34(58)12-17-66-19-21-68-23-24-69-22-20-67-18-14-46-33(57)11-15-53-37(61)9-10-38(53)62/h5-10,31-32,39-41,54-56,63H,1-4,11-28H2,(H,45,58)(H,46,57)(H,47,59)(H,48,60)(H,64,65)(H,49,50,51,52)/t31-,32+,39+,40+,41+,44+/m0/s1. The summed E-state index contributed by atoms with van der Waals surface area (Å²) in [6.07, 6.45) is -3.32. The summed E-state index contributed by atoms with van der Waals surface area (Å²) in [7, 11) is 0. The van der Waals surface area contributed by atoms with Gasteiger partial charge in [-0.3, -0.25) is 33.7 Å². The second kappa shape index (κ2) is 31.5. The molecule has 1 saturated heterocycles. The molecule has 0 saturated carbocycles. The van der Waals surface area contributed by atoms with E-state index in [1.807, 2.05) is 0 Å². The summed E-state index contributed by atoms with van der Waals surface area (Å²) in [4.78, 5) is 85.5. The predicted octanol–water partition coefficient (Wildman–Crippen LogP) is -3.76. The summed E-state index contributed by atoms with van der Waals surface area (Å²) >= 11 is 0. The number of carbonyl (C=O) groups is 7. The third-order valence-corrected chi connectivity index (χ3v) is 10.9. The molecule has 0 bridgehead atoms. The van der Waals surface area contributed by atoms with Crippen LogP contribution in [0.3, 0.4) is 0 Å². The number of carboxylic acids is 1. The lowest BCUT2D eigenvalue weighted by atomic mass is 9.88. The van der Waals surface area contributed by atoms with E-state index in [-0.39, 0.29) is 70.6 Å². The van der Waals surface area contributed by atoms with E-state index in [4.69, 9.17) is 28.4 Å². The molecule has 0 aliphatic carbocycles. The van der Waals surface area contributed by atoms with Gasteiger partial charge in [-0.25, -0.2) is 4.79 Å². The molecule has 1 fully saturated rings. The summed E-state index contributed by atoms with van der Waals surface area (Å²) in [5.41, 5.74) is 1.27. The van der Waals surface area contributed by atoms with Gasteiger partial charge >= 0.3 is 5.97 Å². The Kier molecular flexibility index (Phi) is 25.6. The van der Waals surface area contributed by atoms with Crippen molar-refractivity contribution in [2.24, 2.45) is 0 Å². The summed E-state index contributed by atoms with van der Waals surface area (Å²) in [6, 6.07) is 5.23. The number of rotatable bonds is 36. The molecular weight excluding hydrogens is 943 g/mol. The zero-order valence-electron chi connectivity index (χ0n) is 39.2. The molecule has 2 aliphatic rings. The molecule has 27 nitrogen and oxygen atoms in total. The van der Waals surface area contributed by atoms with Crippen LogP contribution in [0.25, 0.3) is 11.4 Å². The lowest BCUT2D eigenvalue weighted by Crippen LogP contribution is -2.68. The van der Waals surface area contributed by atoms with Crippen molar-refractivity contribution in [2.75, 3.05) is 92.2 Å². The molecule has 0 unspecified atom stereocenters. The Labute approximate surface area is 408 Å². The molecule has 2 aliphatic heterocycles. The van der Waals surface area contributed by atoms with E-state index >= 15 is 0 Å². The Bertz CT molecular complexity index is 1990. The van der Waals surface area contributed by atoms with Crippen molar-refractivity contribution in [3.05, 3.63) is 42.0 Å². The summed E-state index contributed by atoms with van der Waals surface area (Å²) in [5.74, 6) is -6.62. The number of aromatic nitrogens is 4. The van der Waals surface area contributed by atoms with Crippen LogP contribution >= 0.6 is 0 Å². The van der Waals surface area contributed by atoms with Crippen molar-refractivity contribution in [3.8, 4) is 11.4 Å². The highest BCUT2D eigenvalue weighted by Gasteiger charge is 2.55. The van der Waals surface area contributed by atoms with E-state index in [0.29, 0.717) is 82.2 Å². The molecule has 394 valence electrons. The predicted molar refractivity (Wildman–Crippen MR) is 242 cm³/mol. The maximum atomic E-state index is 12.7. The molecule has 0 radical (unpaired) electrons. The van der Waals surface area contributed by atoms with Crippen molar-refractivity contribution >= 4 is 41.4 Å². The monoisotopic (exact) mass is 1010 g/mol. The Hall–Kier alpha value is -5.88. The van der Waals surface area contributed by atoms with Gasteiger partial charge in [0.2, 0.25) is 29.5 Å². The molecule has 27 heteroatoms. The molecule has 1 aromatic heterocycles. The lowest BCUT2D eigenvalue weighted by molar-refractivity contribution is -0.310. The van der Waals surface area contributed by atoms with E-state index in [9.17, 15) is 59.1 Å². The first-order chi connectivity index (χ1) is 34.2. The topological polar surface area (TPSA) is 382 Å². The van der Waals surface area contributed by atoms with Crippen LogP contribution in [-0.2, 0) is 68.4 Å². The second-order valence-corrected chi connectivity index (χ2v) is 16.2. The van der Waals surface area contributed by atoms with Crippen molar-refractivity contribution in [1.82, 2.24) is 46.8 Å². The second-order valence-electron chi connectivity index (χ2n) is 16.2. The number of aliphatic carboxylic acids is 1. The quantitative estimate of drug-likeness (QED) is 0.0231. The SMILES string of the molecule is O=C(CCOCCOCCOCCOCCNC(=O)CCN1C(=O)C=CC1=O)NCCCCCCO[C@]1(C(=O)O)C[C@H](O)[C@@H](NC(=O)CO)[C@H]([C@H](O)[C@H](O)CNC(=O)Cc2ccc(-c3nn[nH]n3)cc2)O1. The number of nitrogens with one attached hydrogen (secondary N) is 5. The number of carboxylic acid groups (broad SMARTS) is 1. The number of aliphatic hydroxyl groups excluding tert-OH is 4. The largest absolute Gasteiger partial charge is 0.477 e. The average Bonchev–Trinajstić information content (AvgIpc) is 4.01. The number of benzene rings is 1. The summed E-state index contributed by atoms with van der Waals surface area (Å²) in [6.45, 7) is 1.38. The highest BCUT2D eigenvalue weighted by Crippen LogP contribution is 2.34. The normalized spacial score (nSPS) is 19.6. The van der Waals surface area contributed by atoms with E-state index in [2.05, 4.69) is 41.9 Å². The number of nitrogens with zero attached hydrogens (tertiary/aromatic N) is 4. The molecule has 71 heavy (non-hydrogen) atoms. The van der Waals surface area contributed by atoms with Gasteiger partial charge in [0.1, 0.15) is 18.8 Å². The van der Waals surface area contributed by atoms with Gasteiger partial charge in [-0.2, -0.15) is 5.21 Å². The van der Waals surface area contributed by atoms with E-state index in [1.165, 1.54) is 12.2 Å². The maximum Gasteiger partial charge on any atom is 0.364 e. The number of imide groups is 1. The van der Waals surface area contributed by atoms with Gasteiger partial charge in [0.25, 0.3) is 17.6 Å². The third-order valence-electron chi connectivity index (χ3n) is 10.9. The van der Waals surface area contributed by atoms with Crippen molar-refractivity contribution < 1.29 is 87.5 Å². The highest BCUT2D eigenvalue weighted by molar-refractivity contribution is 6.13. The molecule has 0 spiro atoms. The van der Waals surface area contributed by atoms with E-state index < -0.39 is 85.4 Å². The molecule has 2 aromatic rings. The van der Waals surface area contributed by atoms with Crippen molar-refractivity contribution in [1.29, 1.82) is 0 Å². The fourth-order valence-electron chi connectivity index (χ4n) is 7.09. The van der Waals surface area contributed by atoms with Gasteiger partial charge in [-0.15, -0.1) is 10.2 Å². The maximum absolute atomic E-state index is 12.7. The van der Waals surface area contributed by atoms with Crippen LogP contribution in [0, 0.1) is 0 Å². The molecule has 1 aromatic carbocycles. The highest BCUT2D eigenvalue weighted by atomic mass is 16.7. The van der Waals surface area contributed by atoms with Crippen LogP contribution < -0.4 is 21.3 Å². The van der Waals surface area contributed by atoms with Crippen LogP contribution in [0.1, 0.15) is 50.5 Å². The van der Waals surface area contributed by atoms with Gasteiger partial charge in [0.15, 0.2) is 0 Å². The minimum Gasteiger partial charge on any atom is -0.477 e. The summed E-state index contributed by atoms with van der Waals surface area (Å²) in [5, 5.41) is 76.5. The van der Waals surface area contributed by atoms with Gasteiger partial charge in [0.05, 0.1) is 84.1 Å². The molecule has 4 rings (SSSR count). The number of tetrazole rings is 1. The first kappa shape index (κ1) is 57.7.